The molecule has 4 rings (SSSR count). The molecule has 4 heterocycles. The first-order chi connectivity index (χ1) is 12.0. The lowest BCUT2D eigenvalue weighted by molar-refractivity contribution is 0.103. The molecule has 0 aliphatic rings. The summed E-state index contributed by atoms with van der Waals surface area (Å²) in [4.78, 5) is 23.1. The molecule has 0 bridgehead atoms. The van der Waals surface area contributed by atoms with Gasteiger partial charge in [0.15, 0.2) is 11.6 Å². The number of amides is 1. The molecular formula is C17H15N5O2S. The van der Waals surface area contributed by atoms with Crippen molar-refractivity contribution in [2.24, 2.45) is 7.05 Å². The number of thiophene rings is 1. The maximum Gasteiger partial charge on any atom is 0.266 e. The van der Waals surface area contributed by atoms with Gasteiger partial charge in [-0.15, -0.1) is 11.3 Å². The quantitative estimate of drug-likeness (QED) is 0.609. The van der Waals surface area contributed by atoms with Crippen molar-refractivity contribution in [3.8, 4) is 11.6 Å². The Hall–Kier alpha value is -3.00. The van der Waals surface area contributed by atoms with Crippen molar-refractivity contribution >= 4 is 33.1 Å². The van der Waals surface area contributed by atoms with E-state index in [0.29, 0.717) is 22.1 Å². The maximum atomic E-state index is 12.6. The molecule has 0 fully saturated rings. The van der Waals surface area contributed by atoms with E-state index in [1.807, 2.05) is 19.9 Å². The van der Waals surface area contributed by atoms with Gasteiger partial charge in [-0.2, -0.15) is 5.10 Å². The van der Waals surface area contributed by atoms with Gasteiger partial charge in [0.1, 0.15) is 4.83 Å². The molecule has 0 aliphatic heterocycles. The molecular weight excluding hydrogens is 338 g/mol. The van der Waals surface area contributed by atoms with Crippen molar-refractivity contribution in [2.45, 2.75) is 13.8 Å². The Morgan fingerprint density at radius 3 is 2.84 bits per heavy atom. The molecule has 8 heteroatoms. The fraction of sp³-hybridized carbons (Fsp3) is 0.176. The van der Waals surface area contributed by atoms with E-state index in [1.165, 1.54) is 11.3 Å². The van der Waals surface area contributed by atoms with Gasteiger partial charge < -0.3 is 9.73 Å². The Morgan fingerprint density at radius 2 is 2.16 bits per heavy atom. The van der Waals surface area contributed by atoms with Gasteiger partial charge in [-0.25, -0.2) is 9.97 Å². The normalized spacial score (nSPS) is 11.2. The molecule has 0 aliphatic carbocycles. The zero-order valence-corrected chi connectivity index (χ0v) is 14.7. The fourth-order valence-electron chi connectivity index (χ4n) is 2.75. The Bertz CT molecular complexity index is 1080. The average molecular weight is 353 g/mol. The topological polar surface area (TPSA) is 85.8 Å². The predicted molar refractivity (Wildman–Crippen MR) is 95.8 cm³/mol. The number of furan rings is 1. The van der Waals surface area contributed by atoms with E-state index < -0.39 is 0 Å². The number of aromatic nitrogens is 4. The molecule has 0 saturated heterocycles. The zero-order chi connectivity index (χ0) is 17.6. The van der Waals surface area contributed by atoms with Crippen LogP contribution in [0.1, 0.15) is 20.9 Å². The molecule has 4 aromatic rings. The molecule has 1 N–H and O–H groups in total. The van der Waals surface area contributed by atoms with Gasteiger partial charge in [0.25, 0.3) is 5.91 Å². The van der Waals surface area contributed by atoms with E-state index in [4.69, 9.17) is 4.42 Å². The highest BCUT2D eigenvalue weighted by molar-refractivity contribution is 7.20. The van der Waals surface area contributed by atoms with Crippen LogP contribution >= 0.6 is 11.3 Å². The fourth-order valence-corrected chi connectivity index (χ4v) is 3.87. The Balaban J connectivity index is 1.76. The van der Waals surface area contributed by atoms with Crippen LogP contribution in [-0.4, -0.2) is 25.7 Å². The maximum absolute atomic E-state index is 12.6. The van der Waals surface area contributed by atoms with Gasteiger partial charge in [0.05, 0.1) is 28.7 Å². The van der Waals surface area contributed by atoms with Crippen molar-refractivity contribution in [1.29, 1.82) is 0 Å². The molecule has 126 valence electrons. The summed E-state index contributed by atoms with van der Waals surface area (Å²) in [5.41, 5.74) is 2.36. The third kappa shape index (κ3) is 2.70. The first-order valence-electron chi connectivity index (χ1n) is 7.64. The van der Waals surface area contributed by atoms with Gasteiger partial charge >= 0.3 is 0 Å². The van der Waals surface area contributed by atoms with Crippen LogP contribution < -0.4 is 5.32 Å². The highest BCUT2D eigenvalue weighted by Crippen LogP contribution is 2.33. The van der Waals surface area contributed by atoms with E-state index in [9.17, 15) is 4.79 Å². The van der Waals surface area contributed by atoms with Crippen molar-refractivity contribution in [1.82, 2.24) is 19.7 Å². The highest BCUT2D eigenvalue weighted by Gasteiger charge is 2.20. The van der Waals surface area contributed by atoms with E-state index in [2.05, 4.69) is 20.4 Å². The molecule has 0 unspecified atom stereocenters. The summed E-state index contributed by atoms with van der Waals surface area (Å²) >= 11 is 1.35. The lowest BCUT2D eigenvalue weighted by Crippen LogP contribution is -2.10. The molecule has 7 nitrogen and oxygen atoms in total. The molecule has 25 heavy (non-hydrogen) atoms. The predicted octanol–water partition coefficient (Wildman–Crippen LogP) is 3.55. The van der Waals surface area contributed by atoms with Gasteiger partial charge in [0, 0.05) is 18.6 Å². The third-order valence-corrected chi connectivity index (χ3v) is 5.07. The van der Waals surface area contributed by atoms with Crippen molar-refractivity contribution in [3.63, 3.8) is 0 Å². The number of nitrogens with zero attached hydrogens (tertiary/aromatic N) is 4. The second kappa shape index (κ2) is 5.82. The number of nitrogens with one attached hydrogen (secondary N) is 1. The van der Waals surface area contributed by atoms with E-state index in [-0.39, 0.29) is 5.91 Å². The monoisotopic (exact) mass is 353 g/mol. The number of aryl methyl sites for hydroxylation is 3. The van der Waals surface area contributed by atoms with E-state index >= 15 is 0 Å². The summed E-state index contributed by atoms with van der Waals surface area (Å²) in [6.07, 6.45) is 4.95. The lowest BCUT2D eigenvalue weighted by Gasteiger charge is -2.02. The number of carbonyl (C=O) groups is 1. The molecule has 0 aromatic carbocycles. The van der Waals surface area contributed by atoms with Crippen LogP contribution in [0.15, 0.2) is 35.2 Å². The Morgan fingerprint density at radius 1 is 1.32 bits per heavy atom. The van der Waals surface area contributed by atoms with Gasteiger partial charge in [-0.1, -0.05) is 0 Å². The number of anilines is 1. The van der Waals surface area contributed by atoms with Gasteiger partial charge in [-0.05, 0) is 31.5 Å². The summed E-state index contributed by atoms with van der Waals surface area (Å²) in [6, 6.07) is 3.61. The highest BCUT2D eigenvalue weighted by atomic mass is 32.1. The zero-order valence-electron chi connectivity index (χ0n) is 13.9. The van der Waals surface area contributed by atoms with Crippen LogP contribution in [0.3, 0.4) is 0 Å². The van der Waals surface area contributed by atoms with Crippen LogP contribution in [-0.2, 0) is 7.05 Å². The first-order valence-corrected chi connectivity index (χ1v) is 8.46. The smallest absolute Gasteiger partial charge is 0.266 e. The Kier molecular flexibility index (Phi) is 3.61. The number of fused-ring (bicyclic) bond motifs is 1. The van der Waals surface area contributed by atoms with Gasteiger partial charge in [0.2, 0.25) is 0 Å². The van der Waals surface area contributed by atoms with Crippen LogP contribution in [0.5, 0.6) is 0 Å². The first kappa shape index (κ1) is 15.5. The van der Waals surface area contributed by atoms with E-state index in [0.717, 1.165) is 21.5 Å². The molecule has 0 atom stereocenters. The minimum Gasteiger partial charge on any atom is -0.461 e. The second-order valence-electron chi connectivity index (χ2n) is 5.70. The van der Waals surface area contributed by atoms with Crippen LogP contribution in [0.2, 0.25) is 0 Å². The third-order valence-electron chi connectivity index (χ3n) is 3.88. The van der Waals surface area contributed by atoms with Crippen molar-refractivity contribution < 1.29 is 9.21 Å². The SMILES string of the molecule is Cc1nc(-c2ccco2)nc2sc(C(=O)Nc3cnn(C)c3)c(C)c12. The van der Waals surface area contributed by atoms with Crippen molar-refractivity contribution in [2.75, 3.05) is 5.32 Å². The average Bonchev–Trinajstić information content (AvgIpc) is 3.28. The van der Waals surface area contributed by atoms with Crippen molar-refractivity contribution in [3.05, 3.63) is 46.9 Å². The summed E-state index contributed by atoms with van der Waals surface area (Å²) in [7, 11) is 1.80. The minimum absolute atomic E-state index is 0.174. The summed E-state index contributed by atoms with van der Waals surface area (Å²) in [5.74, 6) is 0.959. The standard InChI is InChI=1S/C17H15N5O2S/c1-9-13-10(2)19-15(12-5-4-6-24-12)21-17(13)25-14(9)16(23)20-11-7-18-22(3)8-11/h4-8H,1-3H3,(H,20,23). The summed E-state index contributed by atoms with van der Waals surface area (Å²) < 4.78 is 7.02. The largest absolute Gasteiger partial charge is 0.461 e. The summed E-state index contributed by atoms with van der Waals surface area (Å²) in [5, 5.41) is 7.83. The second-order valence-corrected chi connectivity index (χ2v) is 6.70. The molecule has 0 spiro atoms. The van der Waals surface area contributed by atoms with Crippen LogP contribution in [0.4, 0.5) is 5.69 Å². The Labute approximate surface area is 147 Å². The number of hydrogen-bond donors (Lipinski definition) is 1. The molecule has 1 amide bonds. The van der Waals surface area contributed by atoms with Crippen LogP contribution in [0, 0.1) is 13.8 Å². The summed E-state index contributed by atoms with van der Waals surface area (Å²) in [6.45, 7) is 3.83. The number of rotatable bonds is 3. The van der Waals surface area contributed by atoms with E-state index in [1.54, 1.807) is 36.5 Å². The number of carbonyl (C=O) groups excluding carboxylic acids is 1. The minimum atomic E-state index is -0.174. The van der Waals surface area contributed by atoms with Crippen LogP contribution in [0.25, 0.3) is 21.8 Å². The molecule has 4 aromatic heterocycles. The molecule has 0 saturated carbocycles. The number of hydrogen-bond acceptors (Lipinski definition) is 6. The lowest BCUT2D eigenvalue weighted by atomic mass is 10.1. The van der Waals surface area contributed by atoms with Gasteiger partial charge in [-0.3, -0.25) is 9.48 Å². The molecule has 0 radical (unpaired) electrons.